The highest BCUT2D eigenvalue weighted by Crippen LogP contribution is 2.28. The molecule has 1 aromatic rings. The summed E-state index contributed by atoms with van der Waals surface area (Å²) in [5.41, 5.74) is 4.12. The second kappa shape index (κ2) is 5.07. The van der Waals surface area contributed by atoms with Gasteiger partial charge < -0.3 is 11.1 Å². The van der Waals surface area contributed by atoms with Crippen molar-refractivity contribution in [3.63, 3.8) is 0 Å². The second-order valence-corrected chi connectivity index (χ2v) is 3.67. The van der Waals surface area contributed by atoms with E-state index in [1.807, 2.05) is 0 Å². The Hall–Kier alpha value is -2.05. The number of benzene rings is 1. The summed E-state index contributed by atoms with van der Waals surface area (Å²) in [6, 6.07) is 2.77. The van der Waals surface area contributed by atoms with Crippen molar-refractivity contribution in [2.75, 3.05) is 0 Å². The molecule has 7 heteroatoms. The topological polar surface area (TPSA) is 72.2 Å². The van der Waals surface area contributed by atoms with Crippen molar-refractivity contribution < 1.29 is 22.8 Å². The van der Waals surface area contributed by atoms with Crippen molar-refractivity contribution >= 4 is 11.8 Å². The summed E-state index contributed by atoms with van der Waals surface area (Å²) >= 11 is 0. The molecule has 0 saturated carbocycles. The Kier molecular flexibility index (Phi) is 3.95. The summed E-state index contributed by atoms with van der Waals surface area (Å²) in [6.07, 6.45) is -4.45. The van der Waals surface area contributed by atoms with Gasteiger partial charge in [-0.25, -0.2) is 0 Å². The highest BCUT2D eigenvalue weighted by atomic mass is 19.4. The molecule has 4 nitrogen and oxygen atoms in total. The van der Waals surface area contributed by atoms with E-state index in [0.29, 0.717) is 0 Å². The normalized spacial score (nSPS) is 12.9. The first-order valence-electron chi connectivity index (χ1n) is 4.99. The molecule has 3 N–H and O–H groups in total. The largest absolute Gasteiger partial charge is 0.416 e. The molecule has 0 aromatic heterocycles. The van der Waals surface area contributed by atoms with E-state index < -0.39 is 29.6 Å². The van der Waals surface area contributed by atoms with Gasteiger partial charge in [0.15, 0.2) is 0 Å². The smallest absolute Gasteiger partial charge is 0.368 e. The maximum Gasteiger partial charge on any atom is 0.416 e. The van der Waals surface area contributed by atoms with E-state index in [1.165, 1.54) is 6.92 Å². The fourth-order valence-corrected chi connectivity index (χ4v) is 1.16. The van der Waals surface area contributed by atoms with E-state index in [4.69, 9.17) is 5.73 Å². The number of halogens is 3. The summed E-state index contributed by atoms with van der Waals surface area (Å²) in [4.78, 5) is 22.2. The Morgan fingerprint density at radius 3 is 2.11 bits per heavy atom. The number of nitrogens with one attached hydrogen (secondary N) is 1. The lowest BCUT2D eigenvalue weighted by Crippen LogP contribution is -2.42. The van der Waals surface area contributed by atoms with Crippen LogP contribution in [0.4, 0.5) is 13.2 Å². The van der Waals surface area contributed by atoms with Crippen LogP contribution in [0.3, 0.4) is 0 Å². The standard InChI is InChI=1S/C11H11F3N2O2/c1-6(9(15)17)16-10(18)7-2-4-8(5-3-7)11(12,13)14/h2-6H,1H3,(H2,15,17)(H,16,18)/t6-/m0/s1. The number of hydrogen-bond donors (Lipinski definition) is 2. The molecule has 0 radical (unpaired) electrons. The molecule has 0 heterocycles. The van der Waals surface area contributed by atoms with Crippen molar-refractivity contribution in [2.24, 2.45) is 5.73 Å². The van der Waals surface area contributed by atoms with Gasteiger partial charge in [0.05, 0.1) is 5.56 Å². The Balaban J connectivity index is 2.80. The average molecular weight is 260 g/mol. The minimum atomic E-state index is -4.45. The molecule has 0 spiro atoms. The van der Waals surface area contributed by atoms with Crippen LogP contribution < -0.4 is 11.1 Å². The zero-order valence-corrected chi connectivity index (χ0v) is 9.41. The van der Waals surface area contributed by atoms with Crippen LogP contribution in [0.1, 0.15) is 22.8 Å². The third-order valence-corrected chi connectivity index (χ3v) is 2.25. The van der Waals surface area contributed by atoms with Gasteiger partial charge >= 0.3 is 6.18 Å². The summed E-state index contributed by atoms with van der Waals surface area (Å²) in [5, 5.41) is 2.26. The molecule has 0 fully saturated rings. The molecule has 0 unspecified atom stereocenters. The quantitative estimate of drug-likeness (QED) is 0.860. The molecule has 0 aliphatic rings. The number of primary amides is 1. The van der Waals surface area contributed by atoms with Crippen LogP contribution in [0.15, 0.2) is 24.3 Å². The van der Waals surface area contributed by atoms with Gasteiger partial charge in [0.2, 0.25) is 5.91 Å². The molecule has 1 atom stereocenters. The Labute approximate surface area is 101 Å². The van der Waals surface area contributed by atoms with Gasteiger partial charge in [0.25, 0.3) is 5.91 Å². The SMILES string of the molecule is C[C@H](NC(=O)c1ccc(C(F)(F)F)cc1)C(N)=O. The molecule has 18 heavy (non-hydrogen) atoms. The zero-order chi connectivity index (χ0) is 13.9. The first-order chi connectivity index (χ1) is 8.21. The Morgan fingerprint density at radius 1 is 1.22 bits per heavy atom. The van der Waals surface area contributed by atoms with E-state index in [1.54, 1.807) is 0 Å². The molecule has 0 aliphatic heterocycles. The first-order valence-corrected chi connectivity index (χ1v) is 4.99. The number of carbonyl (C=O) groups excluding carboxylic acids is 2. The van der Waals surface area contributed by atoms with Crippen molar-refractivity contribution in [3.8, 4) is 0 Å². The lowest BCUT2D eigenvalue weighted by molar-refractivity contribution is -0.137. The fourth-order valence-electron chi connectivity index (χ4n) is 1.16. The highest BCUT2D eigenvalue weighted by molar-refractivity contribution is 5.97. The predicted octanol–water partition coefficient (Wildman–Crippen LogP) is 1.31. The molecule has 1 aromatic carbocycles. The maximum absolute atomic E-state index is 12.3. The number of hydrogen-bond acceptors (Lipinski definition) is 2. The van der Waals surface area contributed by atoms with Gasteiger partial charge in [-0.15, -0.1) is 0 Å². The Morgan fingerprint density at radius 2 is 1.72 bits per heavy atom. The molecular formula is C11H11F3N2O2. The number of rotatable bonds is 3. The summed E-state index contributed by atoms with van der Waals surface area (Å²) in [6.45, 7) is 1.38. The lowest BCUT2D eigenvalue weighted by atomic mass is 10.1. The highest BCUT2D eigenvalue weighted by Gasteiger charge is 2.30. The summed E-state index contributed by atoms with van der Waals surface area (Å²) in [5.74, 6) is -1.38. The molecule has 0 aliphatic carbocycles. The van der Waals surface area contributed by atoms with Crippen LogP contribution in [0.5, 0.6) is 0 Å². The van der Waals surface area contributed by atoms with Crippen molar-refractivity contribution in [3.05, 3.63) is 35.4 Å². The minimum absolute atomic E-state index is 0.0242. The van der Waals surface area contributed by atoms with Gasteiger partial charge in [-0.1, -0.05) is 0 Å². The number of alkyl halides is 3. The third kappa shape index (κ3) is 3.47. The lowest BCUT2D eigenvalue weighted by Gasteiger charge is -2.11. The molecule has 98 valence electrons. The van der Waals surface area contributed by atoms with Gasteiger partial charge in [0, 0.05) is 5.56 Å². The van der Waals surface area contributed by atoms with E-state index in [9.17, 15) is 22.8 Å². The van der Waals surface area contributed by atoms with Crippen molar-refractivity contribution in [1.82, 2.24) is 5.32 Å². The number of amides is 2. The van der Waals surface area contributed by atoms with Gasteiger partial charge in [-0.2, -0.15) is 13.2 Å². The third-order valence-electron chi connectivity index (χ3n) is 2.25. The molecule has 0 bridgehead atoms. The van der Waals surface area contributed by atoms with Gasteiger partial charge in [-0.05, 0) is 31.2 Å². The fraction of sp³-hybridized carbons (Fsp3) is 0.273. The molecule has 2 amide bonds. The van der Waals surface area contributed by atoms with Crippen LogP contribution in [0, 0.1) is 0 Å². The second-order valence-electron chi connectivity index (χ2n) is 3.67. The summed E-state index contributed by atoms with van der Waals surface area (Å²) in [7, 11) is 0. The minimum Gasteiger partial charge on any atom is -0.368 e. The monoisotopic (exact) mass is 260 g/mol. The van der Waals surface area contributed by atoms with Crippen LogP contribution in [0.2, 0.25) is 0 Å². The van der Waals surface area contributed by atoms with Crippen LogP contribution >= 0.6 is 0 Å². The molecular weight excluding hydrogens is 249 g/mol. The van der Waals surface area contributed by atoms with E-state index >= 15 is 0 Å². The van der Waals surface area contributed by atoms with Crippen molar-refractivity contribution in [1.29, 1.82) is 0 Å². The molecule has 1 rings (SSSR count). The summed E-state index contributed by atoms with van der Waals surface area (Å²) < 4.78 is 36.8. The zero-order valence-electron chi connectivity index (χ0n) is 9.41. The van der Waals surface area contributed by atoms with E-state index in [2.05, 4.69) is 5.32 Å². The van der Waals surface area contributed by atoms with Crippen LogP contribution in [-0.4, -0.2) is 17.9 Å². The number of carbonyl (C=O) groups is 2. The van der Waals surface area contributed by atoms with Crippen LogP contribution in [-0.2, 0) is 11.0 Å². The van der Waals surface area contributed by atoms with Crippen LogP contribution in [0.25, 0.3) is 0 Å². The van der Waals surface area contributed by atoms with Gasteiger partial charge in [0.1, 0.15) is 6.04 Å². The van der Waals surface area contributed by atoms with E-state index in [0.717, 1.165) is 24.3 Å². The van der Waals surface area contributed by atoms with E-state index in [-0.39, 0.29) is 5.56 Å². The van der Waals surface area contributed by atoms with Crippen molar-refractivity contribution in [2.45, 2.75) is 19.1 Å². The first kappa shape index (κ1) is 14.0. The maximum atomic E-state index is 12.3. The predicted molar refractivity (Wildman–Crippen MR) is 57.6 cm³/mol. The Bertz CT molecular complexity index is 454. The van der Waals surface area contributed by atoms with Gasteiger partial charge in [-0.3, -0.25) is 9.59 Å². The average Bonchev–Trinajstić information content (AvgIpc) is 2.27. The molecule has 0 saturated heterocycles. The number of nitrogens with two attached hydrogens (primary N) is 1.